The molecule has 0 aromatic heterocycles. The molecular weight excluding hydrogens is 284 g/mol. The molecule has 1 aliphatic carbocycles. The lowest BCUT2D eigenvalue weighted by atomic mass is 9.92. The number of halogens is 1. The third kappa shape index (κ3) is 3.48. The number of hydrogen-bond acceptors (Lipinski definition) is 3. The number of benzene rings is 1. The summed E-state index contributed by atoms with van der Waals surface area (Å²) >= 11 is 5.85. The highest BCUT2D eigenvalue weighted by Gasteiger charge is 2.27. The van der Waals surface area contributed by atoms with Crippen molar-refractivity contribution in [3.8, 4) is 0 Å². The summed E-state index contributed by atoms with van der Waals surface area (Å²) in [6.45, 7) is 1.74. The zero-order valence-corrected chi connectivity index (χ0v) is 12.5. The van der Waals surface area contributed by atoms with Crippen molar-refractivity contribution in [2.45, 2.75) is 49.6 Å². The summed E-state index contributed by atoms with van der Waals surface area (Å²) in [5.74, 6) is 0. The molecule has 4 nitrogen and oxygen atoms in total. The molecule has 0 aliphatic heterocycles. The molecule has 106 valence electrons. The van der Waals surface area contributed by atoms with Gasteiger partial charge in [0.1, 0.15) is 0 Å². The lowest BCUT2D eigenvalue weighted by Gasteiger charge is -2.29. The molecule has 1 aliphatic rings. The van der Waals surface area contributed by atoms with Gasteiger partial charge in [-0.3, -0.25) is 0 Å². The highest BCUT2D eigenvalue weighted by Crippen LogP contribution is 2.22. The van der Waals surface area contributed by atoms with Crippen LogP contribution in [0.1, 0.15) is 31.2 Å². The fourth-order valence-corrected chi connectivity index (χ4v) is 4.26. The Bertz CT molecular complexity index is 560. The largest absolute Gasteiger partial charge is 0.326 e. The van der Waals surface area contributed by atoms with Crippen molar-refractivity contribution >= 4 is 21.6 Å². The van der Waals surface area contributed by atoms with E-state index in [2.05, 4.69) is 4.72 Å². The highest BCUT2D eigenvalue weighted by molar-refractivity contribution is 7.89. The SMILES string of the molecule is Cc1cc(Cl)ccc1S(=O)(=O)NC1CCCCC1N. The van der Waals surface area contributed by atoms with E-state index >= 15 is 0 Å². The molecule has 1 fully saturated rings. The molecule has 2 rings (SSSR count). The van der Waals surface area contributed by atoms with Crippen molar-refractivity contribution in [3.63, 3.8) is 0 Å². The predicted octanol–water partition coefficient (Wildman–Crippen LogP) is 2.20. The number of rotatable bonds is 3. The summed E-state index contributed by atoms with van der Waals surface area (Å²) in [7, 11) is -3.53. The Hall–Kier alpha value is -0.620. The van der Waals surface area contributed by atoms with Gasteiger partial charge in [0.05, 0.1) is 4.90 Å². The minimum absolute atomic E-state index is 0.101. The standard InChI is InChI=1S/C13H19ClN2O2S/c1-9-8-10(14)6-7-13(9)19(17,18)16-12-5-3-2-4-11(12)15/h6-8,11-12,16H,2-5,15H2,1H3. The molecule has 19 heavy (non-hydrogen) atoms. The van der Waals surface area contributed by atoms with E-state index in [1.54, 1.807) is 19.1 Å². The Morgan fingerprint density at radius 1 is 1.32 bits per heavy atom. The zero-order valence-electron chi connectivity index (χ0n) is 10.9. The van der Waals surface area contributed by atoms with Gasteiger partial charge in [0.25, 0.3) is 0 Å². The summed E-state index contributed by atoms with van der Waals surface area (Å²) in [4.78, 5) is 0.273. The van der Waals surface area contributed by atoms with Gasteiger partial charge in [-0.25, -0.2) is 13.1 Å². The van der Waals surface area contributed by atoms with E-state index in [-0.39, 0.29) is 17.0 Å². The molecule has 2 unspecified atom stereocenters. The Labute approximate surface area is 119 Å². The monoisotopic (exact) mass is 302 g/mol. The van der Waals surface area contributed by atoms with Crippen LogP contribution in [-0.2, 0) is 10.0 Å². The van der Waals surface area contributed by atoms with Gasteiger partial charge in [-0.2, -0.15) is 0 Å². The summed E-state index contributed by atoms with van der Waals surface area (Å²) < 4.78 is 27.5. The molecule has 1 aromatic carbocycles. The Balaban J connectivity index is 2.22. The van der Waals surface area contributed by atoms with Gasteiger partial charge >= 0.3 is 0 Å². The van der Waals surface area contributed by atoms with Crippen molar-refractivity contribution < 1.29 is 8.42 Å². The topological polar surface area (TPSA) is 72.2 Å². The number of nitrogens with two attached hydrogens (primary N) is 1. The summed E-state index contributed by atoms with van der Waals surface area (Å²) in [5.41, 5.74) is 6.62. The maximum Gasteiger partial charge on any atom is 0.241 e. The molecular formula is C13H19ClN2O2S. The van der Waals surface area contributed by atoms with Crippen LogP contribution in [0.15, 0.2) is 23.1 Å². The molecule has 1 saturated carbocycles. The Kier molecular flexibility index (Phi) is 4.50. The third-order valence-electron chi connectivity index (χ3n) is 3.55. The molecule has 3 N–H and O–H groups in total. The van der Waals surface area contributed by atoms with Crippen LogP contribution in [0.3, 0.4) is 0 Å². The van der Waals surface area contributed by atoms with Crippen molar-refractivity contribution in [2.75, 3.05) is 0 Å². The average Bonchev–Trinajstić information content (AvgIpc) is 2.31. The van der Waals surface area contributed by atoms with Crippen LogP contribution in [-0.4, -0.2) is 20.5 Å². The van der Waals surface area contributed by atoms with Crippen LogP contribution < -0.4 is 10.5 Å². The molecule has 0 saturated heterocycles. The Morgan fingerprint density at radius 3 is 2.63 bits per heavy atom. The second-order valence-electron chi connectivity index (χ2n) is 5.09. The van der Waals surface area contributed by atoms with Crippen molar-refractivity contribution in [2.24, 2.45) is 5.73 Å². The maximum absolute atomic E-state index is 12.4. The summed E-state index contributed by atoms with van der Waals surface area (Å²) in [6.07, 6.45) is 3.75. The molecule has 0 spiro atoms. The second kappa shape index (κ2) is 5.79. The zero-order chi connectivity index (χ0) is 14.0. The van der Waals surface area contributed by atoms with Crippen LogP contribution in [0.2, 0.25) is 5.02 Å². The van der Waals surface area contributed by atoms with Crippen LogP contribution in [0.4, 0.5) is 0 Å². The Morgan fingerprint density at radius 2 is 2.00 bits per heavy atom. The molecule has 0 amide bonds. The van der Waals surface area contributed by atoms with Crippen LogP contribution in [0.25, 0.3) is 0 Å². The average molecular weight is 303 g/mol. The van der Waals surface area contributed by atoms with E-state index in [1.165, 1.54) is 6.07 Å². The lowest BCUT2D eigenvalue weighted by molar-refractivity contribution is 0.361. The number of nitrogens with one attached hydrogen (secondary N) is 1. The quantitative estimate of drug-likeness (QED) is 0.899. The third-order valence-corrected chi connectivity index (χ3v) is 5.44. The van der Waals surface area contributed by atoms with Gasteiger partial charge in [-0.1, -0.05) is 24.4 Å². The number of aryl methyl sites for hydroxylation is 1. The lowest BCUT2D eigenvalue weighted by Crippen LogP contribution is -2.49. The second-order valence-corrected chi connectivity index (χ2v) is 7.20. The summed E-state index contributed by atoms with van der Waals surface area (Å²) in [6, 6.07) is 4.50. The number of hydrogen-bond donors (Lipinski definition) is 2. The van der Waals surface area contributed by atoms with Crippen molar-refractivity contribution in [1.82, 2.24) is 4.72 Å². The highest BCUT2D eigenvalue weighted by atomic mass is 35.5. The van der Waals surface area contributed by atoms with E-state index in [9.17, 15) is 8.42 Å². The fraction of sp³-hybridized carbons (Fsp3) is 0.538. The van der Waals surface area contributed by atoms with Gasteiger partial charge in [-0.05, 0) is 43.5 Å². The molecule has 0 heterocycles. The van der Waals surface area contributed by atoms with Crippen LogP contribution in [0.5, 0.6) is 0 Å². The van der Waals surface area contributed by atoms with Gasteiger partial charge in [-0.15, -0.1) is 0 Å². The van der Waals surface area contributed by atoms with Crippen LogP contribution in [0, 0.1) is 6.92 Å². The first-order valence-corrected chi connectivity index (χ1v) is 8.30. The minimum Gasteiger partial charge on any atom is -0.326 e. The smallest absolute Gasteiger partial charge is 0.241 e. The van der Waals surface area contributed by atoms with E-state index in [4.69, 9.17) is 17.3 Å². The van der Waals surface area contributed by atoms with Crippen molar-refractivity contribution in [3.05, 3.63) is 28.8 Å². The molecule has 0 radical (unpaired) electrons. The van der Waals surface area contributed by atoms with E-state index < -0.39 is 10.0 Å². The van der Waals surface area contributed by atoms with E-state index in [0.717, 1.165) is 25.7 Å². The first-order valence-electron chi connectivity index (χ1n) is 6.44. The molecule has 1 aromatic rings. The number of sulfonamides is 1. The molecule has 6 heteroatoms. The molecule has 0 bridgehead atoms. The predicted molar refractivity (Wildman–Crippen MR) is 76.7 cm³/mol. The van der Waals surface area contributed by atoms with Gasteiger partial charge < -0.3 is 5.73 Å². The maximum atomic E-state index is 12.4. The van der Waals surface area contributed by atoms with Crippen LogP contribution >= 0.6 is 11.6 Å². The molecule has 2 atom stereocenters. The van der Waals surface area contributed by atoms with Gasteiger partial charge in [0.15, 0.2) is 0 Å². The van der Waals surface area contributed by atoms with Gasteiger partial charge in [0, 0.05) is 17.1 Å². The van der Waals surface area contributed by atoms with Crippen molar-refractivity contribution in [1.29, 1.82) is 0 Å². The van der Waals surface area contributed by atoms with E-state index in [0.29, 0.717) is 10.6 Å². The first-order chi connectivity index (χ1) is 8.90. The first kappa shape index (κ1) is 14.8. The minimum atomic E-state index is -3.53. The van der Waals surface area contributed by atoms with Gasteiger partial charge in [0.2, 0.25) is 10.0 Å². The summed E-state index contributed by atoms with van der Waals surface area (Å²) in [5, 5.41) is 0.533. The fourth-order valence-electron chi connectivity index (χ4n) is 2.48. The van der Waals surface area contributed by atoms with E-state index in [1.807, 2.05) is 0 Å². The normalized spacial score (nSPS) is 24.4.